The molecule has 0 aliphatic rings. The predicted octanol–water partition coefficient (Wildman–Crippen LogP) is 5.29. The predicted molar refractivity (Wildman–Crippen MR) is 161 cm³/mol. The normalized spacial score (nSPS) is 12.1. The lowest BCUT2D eigenvalue weighted by Crippen LogP contribution is -2.52. The van der Waals surface area contributed by atoms with E-state index in [9.17, 15) is 18.0 Å². The molecule has 214 valence electrons. The molecule has 8 nitrogen and oxygen atoms in total. The summed E-state index contributed by atoms with van der Waals surface area (Å²) in [6.07, 6.45) is 0. The second-order valence-electron chi connectivity index (χ2n) is 9.74. The molecule has 0 aromatic heterocycles. The highest BCUT2D eigenvalue weighted by molar-refractivity contribution is 9.10. The maximum Gasteiger partial charge on any atom is 0.264 e. The van der Waals surface area contributed by atoms with Crippen molar-refractivity contribution >= 4 is 43.5 Å². The monoisotopic (exact) mass is 629 g/mol. The van der Waals surface area contributed by atoms with E-state index in [1.165, 1.54) is 17.0 Å². The van der Waals surface area contributed by atoms with Gasteiger partial charge in [0.2, 0.25) is 11.8 Å². The van der Waals surface area contributed by atoms with Crippen molar-refractivity contribution in [1.29, 1.82) is 0 Å². The Labute approximate surface area is 245 Å². The topological polar surface area (TPSA) is 96.0 Å². The van der Waals surface area contributed by atoms with Crippen molar-refractivity contribution in [2.75, 3.05) is 17.5 Å². The Balaban J connectivity index is 2.03. The molecule has 0 unspecified atom stereocenters. The van der Waals surface area contributed by atoms with Crippen molar-refractivity contribution < 1.29 is 22.7 Å². The molecule has 0 aliphatic heterocycles. The van der Waals surface area contributed by atoms with E-state index in [0.717, 1.165) is 19.9 Å². The van der Waals surface area contributed by atoms with Crippen LogP contribution in [0.1, 0.15) is 38.8 Å². The Morgan fingerprint density at radius 2 is 1.62 bits per heavy atom. The molecule has 2 amide bonds. The number of sulfonamides is 1. The van der Waals surface area contributed by atoms with Crippen LogP contribution < -0.4 is 14.4 Å². The van der Waals surface area contributed by atoms with Crippen molar-refractivity contribution in [1.82, 2.24) is 10.2 Å². The van der Waals surface area contributed by atoms with E-state index < -0.39 is 28.5 Å². The highest BCUT2D eigenvalue weighted by Crippen LogP contribution is 2.27. The zero-order valence-electron chi connectivity index (χ0n) is 23.4. The van der Waals surface area contributed by atoms with Crippen LogP contribution in [-0.4, -0.2) is 50.4 Å². The zero-order chi connectivity index (χ0) is 29.4. The van der Waals surface area contributed by atoms with Crippen molar-refractivity contribution in [3.05, 3.63) is 88.4 Å². The number of nitrogens with zero attached hydrogens (tertiary/aromatic N) is 2. The van der Waals surface area contributed by atoms with Crippen LogP contribution in [0.3, 0.4) is 0 Å². The standard InChI is InChI=1S/C30H36BrN3O5S/c1-6-39-27-14-12-26(13-15-27)34(40(37,38)28-16-10-22(4)11-17-28)20-29(35)33(23(5)30(36)32-21(2)3)19-24-8-7-9-25(31)18-24/h7-18,21,23H,6,19-20H2,1-5H3,(H,32,36)/t23-/m1/s1. The van der Waals surface area contributed by atoms with Crippen LogP contribution in [0.5, 0.6) is 5.75 Å². The molecule has 40 heavy (non-hydrogen) atoms. The van der Waals surface area contributed by atoms with E-state index in [0.29, 0.717) is 18.0 Å². The number of carbonyl (C=O) groups excluding carboxylic acids is 2. The van der Waals surface area contributed by atoms with Crippen molar-refractivity contribution in [2.24, 2.45) is 0 Å². The maximum absolute atomic E-state index is 14.0. The van der Waals surface area contributed by atoms with E-state index in [1.54, 1.807) is 43.3 Å². The van der Waals surface area contributed by atoms with Crippen LogP contribution in [0.15, 0.2) is 82.2 Å². The zero-order valence-corrected chi connectivity index (χ0v) is 25.8. The summed E-state index contributed by atoms with van der Waals surface area (Å²) in [5.74, 6) is -0.260. The average molecular weight is 631 g/mol. The first-order chi connectivity index (χ1) is 18.9. The number of aryl methyl sites for hydroxylation is 1. The lowest BCUT2D eigenvalue weighted by atomic mass is 10.1. The summed E-state index contributed by atoms with van der Waals surface area (Å²) < 4.78 is 35.2. The summed E-state index contributed by atoms with van der Waals surface area (Å²) in [6, 6.07) is 19.5. The molecule has 1 N–H and O–H groups in total. The molecule has 3 rings (SSSR count). The van der Waals surface area contributed by atoms with E-state index in [2.05, 4.69) is 21.2 Å². The second-order valence-corrected chi connectivity index (χ2v) is 12.5. The molecule has 0 saturated heterocycles. The SMILES string of the molecule is CCOc1ccc(N(CC(=O)N(Cc2cccc(Br)c2)[C@H](C)C(=O)NC(C)C)S(=O)(=O)c2ccc(C)cc2)cc1. The number of hydrogen-bond acceptors (Lipinski definition) is 5. The van der Waals surface area contributed by atoms with E-state index in [-0.39, 0.29) is 23.4 Å². The molecule has 0 fully saturated rings. The molecule has 0 saturated carbocycles. The summed E-state index contributed by atoms with van der Waals surface area (Å²) in [6.45, 7) is 9.13. The number of ether oxygens (including phenoxy) is 1. The minimum Gasteiger partial charge on any atom is -0.494 e. The third-order valence-corrected chi connectivity index (χ3v) is 8.45. The third kappa shape index (κ3) is 8.08. The largest absolute Gasteiger partial charge is 0.494 e. The summed E-state index contributed by atoms with van der Waals surface area (Å²) in [7, 11) is -4.13. The van der Waals surface area contributed by atoms with Gasteiger partial charge >= 0.3 is 0 Å². The number of anilines is 1. The van der Waals surface area contributed by atoms with Crippen LogP contribution in [0, 0.1) is 6.92 Å². The van der Waals surface area contributed by atoms with Gasteiger partial charge < -0.3 is 15.0 Å². The van der Waals surface area contributed by atoms with E-state index in [4.69, 9.17) is 4.74 Å². The van der Waals surface area contributed by atoms with E-state index >= 15 is 0 Å². The quantitative estimate of drug-likeness (QED) is 0.294. The average Bonchev–Trinajstić information content (AvgIpc) is 2.90. The van der Waals surface area contributed by atoms with Gasteiger partial charge in [0.15, 0.2) is 0 Å². The Bertz CT molecular complexity index is 1410. The van der Waals surface area contributed by atoms with E-state index in [1.807, 2.05) is 52.0 Å². The Morgan fingerprint density at radius 3 is 2.20 bits per heavy atom. The second kappa shape index (κ2) is 13.8. The minimum absolute atomic E-state index is 0.0592. The third-order valence-electron chi connectivity index (χ3n) is 6.16. The van der Waals surface area contributed by atoms with Gasteiger partial charge in [-0.2, -0.15) is 0 Å². The van der Waals surface area contributed by atoms with Gasteiger partial charge in [0, 0.05) is 17.1 Å². The number of halogens is 1. The molecule has 3 aromatic rings. The van der Waals surface area contributed by atoms with Gasteiger partial charge in [-0.1, -0.05) is 45.8 Å². The van der Waals surface area contributed by atoms with Crippen LogP contribution >= 0.6 is 15.9 Å². The first-order valence-electron chi connectivity index (χ1n) is 13.1. The number of hydrogen-bond donors (Lipinski definition) is 1. The van der Waals surface area contributed by atoms with Gasteiger partial charge in [0.25, 0.3) is 10.0 Å². The molecular formula is C30H36BrN3O5S. The smallest absolute Gasteiger partial charge is 0.264 e. The number of amides is 2. The summed E-state index contributed by atoms with van der Waals surface area (Å²) in [5.41, 5.74) is 2.01. The van der Waals surface area contributed by atoms with Crippen LogP contribution in [0.2, 0.25) is 0 Å². The van der Waals surface area contributed by atoms with Crippen molar-refractivity contribution in [3.63, 3.8) is 0 Å². The molecular weight excluding hydrogens is 594 g/mol. The molecule has 3 aromatic carbocycles. The number of carbonyl (C=O) groups is 2. The van der Waals surface area contributed by atoms with Crippen molar-refractivity contribution in [2.45, 2.75) is 58.1 Å². The molecule has 0 spiro atoms. The number of nitrogens with one attached hydrogen (secondary N) is 1. The number of rotatable bonds is 12. The summed E-state index contributed by atoms with van der Waals surface area (Å²) in [4.78, 5) is 28.4. The lowest BCUT2D eigenvalue weighted by Gasteiger charge is -2.32. The first kappa shape index (κ1) is 31.2. The molecule has 0 aliphatic carbocycles. The fourth-order valence-electron chi connectivity index (χ4n) is 4.06. The molecule has 10 heteroatoms. The van der Waals surface area contributed by atoms with Gasteiger partial charge in [-0.3, -0.25) is 13.9 Å². The Hall–Kier alpha value is -3.37. The Kier molecular flexibility index (Phi) is 10.8. The molecule has 0 radical (unpaired) electrons. The number of benzene rings is 3. The fourth-order valence-corrected chi connectivity index (χ4v) is 5.92. The van der Waals surface area contributed by atoms with Crippen LogP contribution in [0.25, 0.3) is 0 Å². The van der Waals surface area contributed by atoms with Gasteiger partial charge in [0.1, 0.15) is 18.3 Å². The van der Waals surface area contributed by atoms with Crippen molar-refractivity contribution in [3.8, 4) is 5.75 Å². The van der Waals surface area contributed by atoms with Gasteiger partial charge in [0.05, 0.1) is 17.2 Å². The maximum atomic E-state index is 14.0. The van der Waals surface area contributed by atoms with Gasteiger partial charge in [-0.25, -0.2) is 8.42 Å². The summed E-state index contributed by atoms with van der Waals surface area (Å²) in [5, 5.41) is 2.85. The highest BCUT2D eigenvalue weighted by Gasteiger charge is 2.32. The first-order valence-corrected chi connectivity index (χ1v) is 15.3. The molecule has 0 heterocycles. The van der Waals surface area contributed by atoms with Crippen LogP contribution in [-0.2, 0) is 26.2 Å². The lowest BCUT2D eigenvalue weighted by molar-refractivity contribution is -0.139. The molecule has 1 atom stereocenters. The van der Waals surface area contributed by atoms with Gasteiger partial charge in [-0.05, 0) is 88.7 Å². The Morgan fingerprint density at radius 1 is 0.975 bits per heavy atom. The van der Waals surface area contributed by atoms with Gasteiger partial charge in [-0.15, -0.1) is 0 Å². The molecule has 0 bridgehead atoms. The summed E-state index contributed by atoms with van der Waals surface area (Å²) >= 11 is 3.45. The highest BCUT2D eigenvalue weighted by atomic mass is 79.9. The van der Waals surface area contributed by atoms with Crippen LogP contribution in [0.4, 0.5) is 5.69 Å². The fraction of sp³-hybridized carbons (Fsp3) is 0.333. The minimum atomic E-state index is -4.13.